The van der Waals surface area contributed by atoms with E-state index in [2.05, 4.69) is 9.97 Å². The van der Waals surface area contributed by atoms with Gasteiger partial charge < -0.3 is 16.2 Å². The number of anilines is 1. The Hall–Kier alpha value is -1.20. The van der Waals surface area contributed by atoms with E-state index >= 15 is 0 Å². The number of hydrogen-bond donors (Lipinski definition) is 2. The fraction of sp³-hybridized carbons (Fsp3) is 0.667. The molecule has 1 saturated carbocycles. The minimum absolute atomic E-state index is 0.323. The summed E-state index contributed by atoms with van der Waals surface area (Å²) in [6.07, 6.45) is 5.98. The van der Waals surface area contributed by atoms with E-state index in [1.807, 2.05) is 6.92 Å². The minimum atomic E-state index is -0.323. The van der Waals surface area contributed by atoms with Gasteiger partial charge in [-0.2, -0.15) is 0 Å². The lowest BCUT2D eigenvalue weighted by Crippen LogP contribution is -2.29. The molecule has 1 aromatic heterocycles. The highest BCUT2D eigenvalue weighted by atomic mass is 16.5. The minimum Gasteiger partial charge on any atom is -0.383 e. The molecule has 1 aliphatic rings. The Morgan fingerprint density at radius 2 is 2.12 bits per heavy atom. The van der Waals surface area contributed by atoms with Crippen LogP contribution in [-0.4, -0.2) is 16.6 Å². The molecule has 1 fully saturated rings. The van der Waals surface area contributed by atoms with E-state index in [1.165, 1.54) is 0 Å². The maximum absolute atomic E-state index is 5.89. The van der Waals surface area contributed by atoms with E-state index in [0.717, 1.165) is 31.2 Å². The molecular weight excluding hydrogens is 216 g/mol. The number of nitrogen functional groups attached to an aromatic ring is 1. The largest absolute Gasteiger partial charge is 0.383 e. The first-order chi connectivity index (χ1) is 8.22. The zero-order valence-electron chi connectivity index (χ0n) is 10.3. The number of nitrogens with two attached hydrogens (primary N) is 2. The average Bonchev–Trinajstić information content (AvgIpc) is 2.79. The van der Waals surface area contributed by atoms with Crippen LogP contribution < -0.4 is 11.5 Å². The molecule has 0 unspecified atom stereocenters. The van der Waals surface area contributed by atoms with Crippen molar-refractivity contribution in [2.45, 2.75) is 44.8 Å². The second-order valence-electron chi connectivity index (χ2n) is 4.44. The molecule has 1 heterocycles. The van der Waals surface area contributed by atoms with Gasteiger partial charge in [0.25, 0.3) is 0 Å². The van der Waals surface area contributed by atoms with Crippen LogP contribution in [0.3, 0.4) is 0 Å². The molecule has 2 rings (SSSR count). The number of aromatic nitrogens is 2. The molecule has 1 aliphatic carbocycles. The molecule has 0 atom stereocenters. The maximum atomic E-state index is 5.89. The molecule has 0 amide bonds. The summed E-state index contributed by atoms with van der Waals surface area (Å²) >= 11 is 0. The van der Waals surface area contributed by atoms with Crippen molar-refractivity contribution in [2.75, 3.05) is 12.3 Å². The summed E-state index contributed by atoms with van der Waals surface area (Å²) in [6.45, 7) is 3.04. The van der Waals surface area contributed by atoms with Crippen molar-refractivity contribution >= 4 is 5.82 Å². The lowest BCUT2D eigenvalue weighted by atomic mass is 10.0. The molecule has 94 valence electrons. The van der Waals surface area contributed by atoms with E-state index < -0.39 is 0 Å². The molecule has 4 N–H and O–H groups in total. The summed E-state index contributed by atoms with van der Waals surface area (Å²) < 4.78 is 5.89. The van der Waals surface area contributed by atoms with Gasteiger partial charge in [0.15, 0.2) is 5.82 Å². The van der Waals surface area contributed by atoms with E-state index in [-0.39, 0.29) is 5.60 Å². The zero-order chi connectivity index (χ0) is 12.3. The third-order valence-corrected chi connectivity index (χ3v) is 3.36. The van der Waals surface area contributed by atoms with Crippen LogP contribution in [0.4, 0.5) is 5.82 Å². The summed E-state index contributed by atoms with van der Waals surface area (Å²) in [5, 5.41) is 0. The topological polar surface area (TPSA) is 87.0 Å². The summed E-state index contributed by atoms with van der Waals surface area (Å²) in [5.74, 6) is 1.19. The van der Waals surface area contributed by atoms with Crippen molar-refractivity contribution in [3.8, 4) is 0 Å². The second kappa shape index (κ2) is 4.98. The van der Waals surface area contributed by atoms with E-state index in [9.17, 15) is 0 Å². The number of hydrogen-bond acceptors (Lipinski definition) is 5. The van der Waals surface area contributed by atoms with Gasteiger partial charge in [-0.3, -0.25) is 0 Å². The van der Waals surface area contributed by atoms with Crippen molar-refractivity contribution in [2.24, 2.45) is 5.73 Å². The fourth-order valence-electron chi connectivity index (χ4n) is 2.45. The standard InChI is InChI=1S/C12H20N4O/c1-2-17-12(5-3-4-6-12)11-15-8-9(7-13)10(14)16-11/h8H,2-7,13H2,1H3,(H2,14,15,16). The lowest BCUT2D eigenvalue weighted by Gasteiger charge is -2.27. The molecule has 0 bridgehead atoms. The van der Waals surface area contributed by atoms with Gasteiger partial charge in [0.1, 0.15) is 11.4 Å². The molecule has 5 nitrogen and oxygen atoms in total. The number of nitrogens with zero attached hydrogens (tertiary/aromatic N) is 2. The molecule has 17 heavy (non-hydrogen) atoms. The Labute approximate surface area is 102 Å². The molecule has 0 saturated heterocycles. The fourth-order valence-corrected chi connectivity index (χ4v) is 2.45. The summed E-state index contributed by atoms with van der Waals surface area (Å²) in [6, 6.07) is 0. The molecule has 1 aromatic rings. The van der Waals surface area contributed by atoms with Crippen LogP contribution in [0, 0.1) is 0 Å². The average molecular weight is 236 g/mol. The van der Waals surface area contributed by atoms with Gasteiger partial charge in [0, 0.05) is 24.9 Å². The summed E-state index contributed by atoms with van der Waals surface area (Å²) in [5.41, 5.74) is 11.9. The highest BCUT2D eigenvalue weighted by Crippen LogP contribution is 2.40. The molecule has 0 spiro atoms. The smallest absolute Gasteiger partial charge is 0.162 e. The van der Waals surface area contributed by atoms with Crippen LogP contribution in [-0.2, 0) is 16.9 Å². The van der Waals surface area contributed by atoms with Crippen LogP contribution in [0.1, 0.15) is 44.0 Å². The number of ether oxygens (including phenoxy) is 1. The van der Waals surface area contributed by atoms with Crippen LogP contribution in [0.2, 0.25) is 0 Å². The Morgan fingerprint density at radius 1 is 1.41 bits per heavy atom. The highest BCUT2D eigenvalue weighted by Gasteiger charge is 2.39. The SMILES string of the molecule is CCOC1(c2ncc(CN)c(N)n2)CCCC1. The Morgan fingerprint density at radius 3 is 2.65 bits per heavy atom. The van der Waals surface area contributed by atoms with Crippen molar-refractivity contribution in [1.82, 2.24) is 9.97 Å². The van der Waals surface area contributed by atoms with Gasteiger partial charge in [0.2, 0.25) is 0 Å². The molecule has 0 radical (unpaired) electrons. The number of rotatable bonds is 4. The van der Waals surface area contributed by atoms with Crippen LogP contribution >= 0.6 is 0 Å². The van der Waals surface area contributed by atoms with Gasteiger partial charge in [-0.1, -0.05) is 0 Å². The Kier molecular flexibility index (Phi) is 3.59. The third kappa shape index (κ3) is 2.25. The summed E-state index contributed by atoms with van der Waals surface area (Å²) in [7, 11) is 0. The predicted molar refractivity (Wildman–Crippen MR) is 66.1 cm³/mol. The molecule has 0 aliphatic heterocycles. The molecule has 5 heteroatoms. The van der Waals surface area contributed by atoms with Crippen LogP contribution in [0.15, 0.2) is 6.20 Å². The van der Waals surface area contributed by atoms with Crippen molar-refractivity contribution in [1.29, 1.82) is 0 Å². The summed E-state index contributed by atoms with van der Waals surface area (Å²) in [4.78, 5) is 8.77. The Bertz CT molecular complexity index is 388. The first-order valence-electron chi connectivity index (χ1n) is 6.18. The van der Waals surface area contributed by atoms with Gasteiger partial charge in [-0.05, 0) is 32.6 Å². The van der Waals surface area contributed by atoms with E-state index in [4.69, 9.17) is 16.2 Å². The van der Waals surface area contributed by atoms with E-state index in [1.54, 1.807) is 6.20 Å². The third-order valence-electron chi connectivity index (χ3n) is 3.36. The van der Waals surface area contributed by atoms with Crippen LogP contribution in [0.25, 0.3) is 0 Å². The molecule has 0 aromatic carbocycles. The normalized spacial score (nSPS) is 18.5. The van der Waals surface area contributed by atoms with Gasteiger partial charge in [-0.15, -0.1) is 0 Å². The van der Waals surface area contributed by atoms with Gasteiger partial charge >= 0.3 is 0 Å². The van der Waals surface area contributed by atoms with Crippen LogP contribution in [0.5, 0.6) is 0 Å². The first kappa shape index (κ1) is 12.3. The van der Waals surface area contributed by atoms with Crippen molar-refractivity contribution < 1.29 is 4.74 Å². The predicted octanol–water partition coefficient (Wildman–Crippen LogP) is 1.32. The Balaban J connectivity index is 2.33. The van der Waals surface area contributed by atoms with Crippen molar-refractivity contribution in [3.63, 3.8) is 0 Å². The van der Waals surface area contributed by atoms with Gasteiger partial charge in [0.05, 0.1) is 0 Å². The second-order valence-corrected chi connectivity index (χ2v) is 4.44. The molecular formula is C12H20N4O. The van der Waals surface area contributed by atoms with Gasteiger partial charge in [-0.25, -0.2) is 9.97 Å². The maximum Gasteiger partial charge on any atom is 0.162 e. The quantitative estimate of drug-likeness (QED) is 0.823. The highest BCUT2D eigenvalue weighted by molar-refractivity contribution is 5.38. The van der Waals surface area contributed by atoms with Crippen molar-refractivity contribution in [3.05, 3.63) is 17.6 Å². The monoisotopic (exact) mass is 236 g/mol. The zero-order valence-corrected chi connectivity index (χ0v) is 10.3. The van der Waals surface area contributed by atoms with E-state index in [0.29, 0.717) is 24.8 Å². The first-order valence-corrected chi connectivity index (χ1v) is 6.18. The lowest BCUT2D eigenvalue weighted by molar-refractivity contribution is -0.0456.